The smallest absolute Gasteiger partial charge is 0.257 e. The van der Waals surface area contributed by atoms with Crippen LogP contribution in [0.1, 0.15) is 33.3 Å². The molecule has 5 rings (SSSR count). The third-order valence-corrected chi connectivity index (χ3v) is 7.30. The van der Waals surface area contributed by atoms with Crippen molar-refractivity contribution in [3.05, 3.63) is 80.2 Å². The minimum atomic E-state index is 0.0154. The molecule has 1 amide bonds. The summed E-state index contributed by atoms with van der Waals surface area (Å²) in [4.78, 5) is 17.8. The summed E-state index contributed by atoms with van der Waals surface area (Å²) in [5, 5.41) is 10.6. The van der Waals surface area contributed by atoms with Gasteiger partial charge in [0.25, 0.3) is 5.91 Å². The Kier molecular flexibility index (Phi) is 4.84. The van der Waals surface area contributed by atoms with E-state index in [1.807, 2.05) is 12.1 Å². The number of thiophene rings is 2. The molecule has 0 aliphatic carbocycles. The van der Waals surface area contributed by atoms with E-state index >= 15 is 0 Å². The van der Waals surface area contributed by atoms with Crippen LogP contribution in [0.3, 0.4) is 0 Å². The number of benzene rings is 1. The number of amides is 1. The molecule has 1 aromatic carbocycles. The molecule has 4 heterocycles. The quantitative estimate of drug-likeness (QED) is 0.636. The highest BCUT2D eigenvalue weighted by molar-refractivity contribution is 7.12. The third kappa shape index (κ3) is 3.43. The van der Waals surface area contributed by atoms with Crippen molar-refractivity contribution < 1.29 is 4.79 Å². The van der Waals surface area contributed by atoms with Crippen LogP contribution < -0.4 is 0 Å². The molecular formula is C22H21N3OS2. The Balaban J connectivity index is 1.36. The molecule has 2 aromatic heterocycles. The summed E-state index contributed by atoms with van der Waals surface area (Å²) < 4.78 is 0. The number of hydrogen-bond acceptors (Lipinski definition) is 5. The Morgan fingerprint density at radius 3 is 2.64 bits per heavy atom. The number of hydrogen-bond donors (Lipinski definition) is 0. The van der Waals surface area contributed by atoms with Crippen molar-refractivity contribution in [2.75, 3.05) is 13.1 Å². The van der Waals surface area contributed by atoms with E-state index in [0.717, 1.165) is 36.5 Å². The molecule has 0 N–H and O–H groups in total. The second kappa shape index (κ2) is 7.62. The van der Waals surface area contributed by atoms with Crippen LogP contribution in [0.15, 0.2) is 64.4 Å². The van der Waals surface area contributed by atoms with Crippen molar-refractivity contribution in [2.45, 2.75) is 25.4 Å². The molecule has 0 radical (unpaired) electrons. The van der Waals surface area contributed by atoms with Gasteiger partial charge in [0.05, 0.1) is 23.2 Å². The van der Waals surface area contributed by atoms with E-state index in [9.17, 15) is 4.79 Å². The van der Waals surface area contributed by atoms with Gasteiger partial charge in [-0.3, -0.25) is 9.69 Å². The van der Waals surface area contributed by atoms with Gasteiger partial charge in [-0.05, 0) is 40.4 Å². The lowest BCUT2D eigenvalue weighted by atomic mass is 10.00. The monoisotopic (exact) mass is 407 g/mol. The number of carbonyl (C=O) groups excluding carboxylic acids is 1. The summed E-state index contributed by atoms with van der Waals surface area (Å²) >= 11 is 3.39. The van der Waals surface area contributed by atoms with Gasteiger partial charge in [0.15, 0.2) is 0 Å². The summed E-state index contributed by atoms with van der Waals surface area (Å²) in [7, 11) is 0. The fraction of sp³-hybridized carbons (Fsp3) is 0.273. The second-order valence-electron chi connectivity index (χ2n) is 7.23. The highest BCUT2D eigenvalue weighted by atomic mass is 32.1. The molecule has 0 spiro atoms. The molecule has 0 saturated heterocycles. The molecule has 0 fully saturated rings. The summed E-state index contributed by atoms with van der Waals surface area (Å²) in [5.74, 6) is 0.0873. The fourth-order valence-corrected chi connectivity index (χ4v) is 5.52. The first-order valence-electron chi connectivity index (χ1n) is 9.54. The molecule has 0 saturated carbocycles. The Hall–Kier alpha value is -2.28. The number of fused-ring (bicyclic) bond motifs is 1. The largest absolute Gasteiger partial charge is 0.290 e. The summed E-state index contributed by atoms with van der Waals surface area (Å²) in [6.45, 7) is 2.17. The Bertz CT molecular complexity index is 995. The van der Waals surface area contributed by atoms with Crippen molar-refractivity contribution in [1.29, 1.82) is 0 Å². The summed E-state index contributed by atoms with van der Waals surface area (Å²) in [6.07, 6.45) is 1.79. The minimum absolute atomic E-state index is 0.0154. The molecule has 2 aliphatic rings. The molecule has 142 valence electrons. The van der Waals surface area contributed by atoms with Gasteiger partial charge in [-0.25, -0.2) is 5.01 Å². The van der Waals surface area contributed by atoms with Crippen LogP contribution in [0.4, 0.5) is 0 Å². The van der Waals surface area contributed by atoms with Crippen LogP contribution in [-0.2, 0) is 17.8 Å². The van der Waals surface area contributed by atoms with E-state index in [1.54, 1.807) is 27.7 Å². The van der Waals surface area contributed by atoms with E-state index < -0.39 is 0 Å². The average molecular weight is 408 g/mol. The van der Waals surface area contributed by atoms with E-state index in [2.05, 4.69) is 52.1 Å². The zero-order chi connectivity index (χ0) is 18.9. The minimum Gasteiger partial charge on any atom is -0.290 e. The molecule has 1 atom stereocenters. The fourth-order valence-electron chi connectivity index (χ4n) is 3.99. The highest BCUT2D eigenvalue weighted by Crippen LogP contribution is 2.36. The molecule has 6 heteroatoms. The molecule has 1 unspecified atom stereocenters. The van der Waals surface area contributed by atoms with Crippen LogP contribution in [-0.4, -0.2) is 34.6 Å². The van der Waals surface area contributed by atoms with E-state index in [4.69, 9.17) is 5.10 Å². The van der Waals surface area contributed by atoms with Gasteiger partial charge in [-0.2, -0.15) is 5.10 Å². The first kappa shape index (κ1) is 17.8. The van der Waals surface area contributed by atoms with Crippen LogP contribution in [0, 0.1) is 0 Å². The molecule has 2 aliphatic heterocycles. The summed E-state index contributed by atoms with van der Waals surface area (Å²) in [6, 6.07) is 16.8. The Labute approximate surface area is 172 Å². The standard InChI is InChI=1S/C22H21N3OS2/c26-22(15-24-10-9-16-5-1-2-6-17(16)14-24)25-19(21-8-4-12-28-21)13-18(23-25)20-7-3-11-27-20/h1-8,11-12,19H,9-10,13-15H2. The van der Waals surface area contributed by atoms with Crippen LogP contribution in [0.2, 0.25) is 0 Å². The van der Waals surface area contributed by atoms with Gasteiger partial charge < -0.3 is 0 Å². The molecule has 0 bridgehead atoms. The highest BCUT2D eigenvalue weighted by Gasteiger charge is 2.34. The molecule has 4 nitrogen and oxygen atoms in total. The van der Waals surface area contributed by atoms with Crippen LogP contribution in [0.25, 0.3) is 0 Å². The first-order chi connectivity index (χ1) is 13.8. The predicted octanol–water partition coefficient (Wildman–Crippen LogP) is 4.55. The van der Waals surface area contributed by atoms with Gasteiger partial charge in [0, 0.05) is 24.4 Å². The van der Waals surface area contributed by atoms with Crippen molar-refractivity contribution in [1.82, 2.24) is 9.91 Å². The second-order valence-corrected chi connectivity index (χ2v) is 9.15. The Morgan fingerprint density at radius 1 is 1.04 bits per heavy atom. The van der Waals surface area contributed by atoms with Crippen molar-refractivity contribution in [3.63, 3.8) is 0 Å². The van der Waals surface area contributed by atoms with Gasteiger partial charge in [0.2, 0.25) is 0 Å². The maximum Gasteiger partial charge on any atom is 0.257 e. The lowest BCUT2D eigenvalue weighted by molar-refractivity contribution is -0.134. The molecular weight excluding hydrogens is 386 g/mol. The summed E-state index contributed by atoms with van der Waals surface area (Å²) in [5.41, 5.74) is 3.76. The van der Waals surface area contributed by atoms with E-state index in [-0.39, 0.29) is 11.9 Å². The van der Waals surface area contributed by atoms with Gasteiger partial charge in [-0.15, -0.1) is 22.7 Å². The number of nitrogens with zero attached hydrogens (tertiary/aromatic N) is 3. The first-order valence-corrected chi connectivity index (χ1v) is 11.3. The maximum absolute atomic E-state index is 13.2. The van der Waals surface area contributed by atoms with Crippen molar-refractivity contribution in [3.8, 4) is 0 Å². The van der Waals surface area contributed by atoms with E-state index in [0.29, 0.717) is 6.54 Å². The number of rotatable bonds is 4. The van der Waals surface area contributed by atoms with Crippen molar-refractivity contribution in [2.24, 2.45) is 5.10 Å². The normalized spacial score (nSPS) is 19.5. The zero-order valence-corrected chi connectivity index (χ0v) is 17.1. The SMILES string of the molecule is O=C(CN1CCc2ccccc2C1)N1N=C(c2cccs2)CC1c1cccs1. The average Bonchev–Trinajstić information content (AvgIpc) is 3.48. The van der Waals surface area contributed by atoms with Crippen LogP contribution >= 0.6 is 22.7 Å². The van der Waals surface area contributed by atoms with E-state index in [1.165, 1.54) is 16.0 Å². The molecule has 28 heavy (non-hydrogen) atoms. The van der Waals surface area contributed by atoms with Gasteiger partial charge >= 0.3 is 0 Å². The van der Waals surface area contributed by atoms with Gasteiger partial charge in [-0.1, -0.05) is 36.4 Å². The lowest BCUT2D eigenvalue weighted by Crippen LogP contribution is -2.40. The van der Waals surface area contributed by atoms with Crippen molar-refractivity contribution >= 4 is 34.3 Å². The Morgan fingerprint density at radius 2 is 1.86 bits per heavy atom. The maximum atomic E-state index is 13.2. The number of carbonyl (C=O) groups is 1. The van der Waals surface area contributed by atoms with Gasteiger partial charge in [0.1, 0.15) is 0 Å². The van der Waals surface area contributed by atoms with Crippen LogP contribution in [0.5, 0.6) is 0 Å². The lowest BCUT2D eigenvalue weighted by Gasteiger charge is -2.30. The number of hydrazone groups is 1. The third-order valence-electron chi connectivity index (χ3n) is 5.41. The molecule has 3 aromatic rings. The zero-order valence-electron chi connectivity index (χ0n) is 15.5. The topological polar surface area (TPSA) is 35.9 Å². The predicted molar refractivity (Wildman–Crippen MR) is 115 cm³/mol.